The van der Waals surface area contributed by atoms with E-state index in [1.54, 1.807) is 0 Å². The standard InChI is InChI=1S/C53H40N2O/c1-52(2)45-16-10-8-14-40(45)42-27-25-38(31-47(42)52)55(39-26-28-43-41-15-9-11-17-46(41)53(3,4)48(43)32-39)37-23-20-33(21-24-37)36-19-18-34-22-29-49-50(44(34)30-36)56-51(54-49)35-12-6-5-7-13-35/h5-32H,1-4H3. The van der Waals surface area contributed by atoms with Gasteiger partial charge in [0.15, 0.2) is 5.58 Å². The number of hydrogen-bond acceptors (Lipinski definition) is 3. The van der Waals surface area contributed by atoms with Crippen molar-refractivity contribution in [3.8, 4) is 44.8 Å². The molecule has 2 aliphatic carbocycles. The topological polar surface area (TPSA) is 29.3 Å². The molecular weight excluding hydrogens is 681 g/mol. The molecule has 0 fully saturated rings. The molecule has 268 valence electrons. The number of hydrogen-bond donors (Lipinski definition) is 0. The van der Waals surface area contributed by atoms with Gasteiger partial charge in [-0.05, 0) is 122 Å². The molecule has 0 saturated carbocycles. The Morgan fingerprint density at radius 3 is 1.57 bits per heavy atom. The molecule has 1 aromatic heterocycles. The molecule has 2 aliphatic rings. The lowest BCUT2D eigenvalue weighted by atomic mass is 9.82. The minimum Gasteiger partial charge on any atom is -0.435 e. The van der Waals surface area contributed by atoms with E-state index < -0.39 is 0 Å². The summed E-state index contributed by atoms with van der Waals surface area (Å²) in [5.74, 6) is 0.639. The Hall–Kier alpha value is -6.71. The SMILES string of the molecule is CC1(C)c2ccccc2-c2ccc(N(c3ccc(-c4ccc5ccc6nc(-c7ccccc7)oc6c5c4)cc3)c3ccc4c(c3)C(C)(C)c3ccccc3-4)cc21. The first-order valence-corrected chi connectivity index (χ1v) is 19.5. The lowest BCUT2D eigenvalue weighted by molar-refractivity contribution is 0.623. The van der Waals surface area contributed by atoms with Crippen molar-refractivity contribution in [2.45, 2.75) is 38.5 Å². The van der Waals surface area contributed by atoms with Crippen LogP contribution in [0.25, 0.3) is 66.7 Å². The first-order valence-electron chi connectivity index (χ1n) is 19.5. The maximum atomic E-state index is 6.42. The molecule has 0 aliphatic heterocycles. The van der Waals surface area contributed by atoms with Crippen LogP contribution < -0.4 is 4.90 Å². The third-order valence-electron chi connectivity index (χ3n) is 12.5. The van der Waals surface area contributed by atoms with Crippen LogP contribution in [0.5, 0.6) is 0 Å². The van der Waals surface area contributed by atoms with Crippen LogP contribution in [0.15, 0.2) is 174 Å². The van der Waals surface area contributed by atoms with Gasteiger partial charge in [0.05, 0.1) is 0 Å². The fraction of sp³-hybridized carbons (Fsp3) is 0.113. The average molecular weight is 721 g/mol. The van der Waals surface area contributed by atoms with Crippen LogP contribution in [0.3, 0.4) is 0 Å². The Kier molecular flexibility index (Phi) is 6.94. The Labute approximate surface area is 327 Å². The maximum absolute atomic E-state index is 6.42. The molecular formula is C53H40N2O. The molecule has 0 unspecified atom stereocenters. The molecule has 0 atom stereocenters. The molecule has 3 nitrogen and oxygen atoms in total. The summed E-state index contributed by atoms with van der Waals surface area (Å²) in [5.41, 5.74) is 18.9. The lowest BCUT2D eigenvalue weighted by Crippen LogP contribution is -2.18. The quantitative estimate of drug-likeness (QED) is 0.177. The van der Waals surface area contributed by atoms with Crippen molar-refractivity contribution in [2.24, 2.45) is 0 Å². The highest BCUT2D eigenvalue weighted by molar-refractivity contribution is 6.05. The summed E-state index contributed by atoms with van der Waals surface area (Å²) >= 11 is 0. The zero-order valence-corrected chi connectivity index (χ0v) is 32.0. The summed E-state index contributed by atoms with van der Waals surface area (Å²) in [6.45, 7) is 9.42. The first kappa shape index (κ1) is 32.7. The minimum atomic E-state index is -0.105. The molecule has 1 heterocycles. The predicted octanol–water partition coefficient (Wildman–Crippen LogP) is 14.4. The molecule has 9 aromatic rings. The lowest BCUT2D eigenvalue weighted by Gasteiger charge is -2.30. The number of rotatable bonds is 5. The number of oxazole rings is 1. The molecule has 0 bridgehead atoms. The fourth-order valence-corrected chi connectivity index (χ4v) is 9.50. The van der Waals surface area contributed by atoms with E-state index >= 15 is 0 Å². The van der Waals surface area contributed by atoms with Crippen molar-refractivity contribution in [1.82, 2.24) is 4.98 Å². The Morgan fingerprint density at radius 2 is 0.946 bits per heavy atom. The smallest absolute Gasteiger partial charge is 0.227 e. The molecule has 0 spiro atoms. The van der Waals surface area contributed by atoms with E-state index in [0.717, 1.165) is 55.6 Å². The molecule has 56 heavy (non-hydrogen) atoms. The zero-order valence-electron chi connectivity index (χ0n) is 32.0. The van der Waals surface area contributed by atoms with Crippen LogP contribution in [-0.2, 0) is 10.8 Å². The van der Waals surface area contributed by atoms with Crippen LogP contribution in [-0.4, -0.2) is 4.98 Å². The fourth-order valence-electron chi connectivity index (χ4n) is 9.50. The third-order valence-corrected chi connectivity index (χ3v) is 12.5. The van der Waals surface area contributed by atoms with Gasteiger partial charge in [0.1, 0.15) is 5.52 Å². The second kappa shape index (κ2) is 11.9. The number of fused-ring (bicyclic) bond motifs is 9. The summed E-state index contributed by atoms with van der Waals surface area (Å²) in [7, 11) is 0. The van der Waals surface area contributed by atoms with Crippen molar-refractivity contribution in [3.63, 3.8) is 0 Å². The Morgan fingerprint density at radius 1 is 0.429 bits per heavy atom. The van der Waals surface area contributed by atoms with Crippen LogP contribution >= 0.6 is 0 Å². The normalized spacial score (nSPS) is 14.4. The first-order chi connectivity index (χ1) is 27.3. The number of anilines is 3. The molecule has 0 radical (unpaired) electrons. The van der Waals surface area contributed by atoms with E-state index in [4.69, 9.17) is 9.40 Å². The number of benzene rings is 8. The van der Waals surface area contributed by atoms with Crippen molar-refractivity contribution < 1.29 is 4.42 Å². The van der Waals surface area contributed by atoms with Gasteiger partial charge in [-0.1, -0.05) is 137 Å². The molecule has 8 aromatic carbocycles. The molecule has 0 amide bonds. The van der Waals surface area contributed by atoms with Gasteiger partial charge in [0, 0.05) is 38.8 Å². The van der Waals surface area contributed by atoms with Crippen LogP contribution in [0.4, 0.5) is 17.1 Å². The van der Waals surface area contributed by atoms with Crippen LogP contribution in [0.1, 0.15) is 49.9 Å². The highest BCUT2D eigenvalue weighted by atomic mass is 16.3. The van der Waals surface area contributed by atoms with Gasteiger partial charge in [0.2, 0.25) is 5.89 Å². The molecule has 3 heteroatoms. The summed E-state index contributed by atoms with van der Waals surface area (Å²) in [6, 6.07) is 61.8. The van der Waals surface area contributed by atoms with E-state index in [9.17, 15) is 0 Å². The van der Waals surface area contributed by atoms with Crippen molar-refractivity contribution in [3.05, 3.63) is 192 Å². The van der Waals surface area contributed by atoms with Crippen molar-refractivity contribution in [2.75, 3.05) is 4.90 Å². The van der Waals surface area contributed by atoms with E-state index in [0.29, 0.717) is 5.89 Å². The average Bonchev–Trinajstić information content (AvgIpc) is 3.85. The van der Waals surface area contributed by atoms with Gasteiger partial charge in [-0.15, -0.1) is 0 Å². The van der Waals surface area contributed by atoms with Gasteiger partial charge in [0.25, 0.3) is 0 Å². The molecule has 0 saturated heterocycles. The number of nitrogens with zero attached hydrogens (tertiary/aromatic N) is 2. The van der Waals surface area contributed by atoms with E-state index in [-0.39, 0.29) is 10.8 Å². The predicted molar refractivity (Wildman–Crippen MR) is 232 cm³/mol. The maximum Gasteiger partial charge on any atom is 0.227 e. The van der Waals surface area contributed by atoms with Crippen molar-refractivity contribution in [1.29, 1.82) is 0 Å². The van der Waals surface area contributed by atoms with E-state index in [1.807, 2.05) is 36.4 Å². The second-order valence-electron chi connectivity index (χ2n) is 16.4. The molecule has 11 rings (SSSR count). The van der Waals surface area contributed by atoms with Crippen LogP contribution in [0, 0.1) is 0 Å². The van der Waals surface area contributed by atoms with Gasteiger partial charge in [-0.2, -0.15) is 0 Å². The highest BCUT2D eigenvalue weighted by Crippen LogP contribution is 2.53. The summed E-state index contributed by atoms with van der Waals surface area (Å²) in [5, 5.41) is 2.19. The minimum absolute atomic E-state index is 0.105. The van der Waals surface area contributed by atoms with Gasteiger partial charge in [-0.25, -0.2) is 4.98 Å². The van der Waals surface area contributed by atoms with E-state index in [2.05, 4.69) is 166 Å². The van der Waals surface area contributed by atoms with E-state index in [1.165, 1.54) is 44.5 Å². The summed E-state index contributed by atoms with van der Waals surface area (Å²) < 4.78 is 6.42. The summed E-state index contributed by atoms with van der Waals surface area (Å²) in [4.78, 5) is 7.27. The third kappa shape index (κ3) is 4.80. The summed E-state index contributed by atoms with van der Waals surface area (Å²) in [6.07, 6.45) is 0. The Bertz CT molecular complexity index is 2920. The van der Waals surface area contributed by atoms with Crippen molar-refractivity contribution >= 4 is 38.9 Å². The monoisotopic (exact) mass is 720 g/mol. The largest absolute Gasteiger partial charge is 0.435 e. The Balaban J connectivity index is 1.03. The highest BCUT2D eigenvalue weighted by Gasteiger charge is 2.37. The van der Waals surface area contributed by atoms with Gasteiger partial charge >= 0.3 is 0 Å². The zero-order chi connectivity index (χ0) is 37.8. The van der Waals surface area contributed by atoms with Crippen LogP contribution in [0.2, 0.25) is 0 Å². The van der Waals surface area contributed by atoms with Gasteiger partial charge < -0.3 is 9.32 Å². The second-order valence-corrected chi connectivity index (χ2v) is 16.4. The number of aromatic nitrogens is 1. The van der Waals surface area contributed by atoms with Gasteiger partial charge in [-0.3, -0.25) is 0 Å². The molecule has 0 N–H and O–H groups in total.